The normalized spacial score (nSPS) is 10.4. The summed E-state index contributed by atoms with van der Waals surface area (Å²) in [6, 6.07) is 13.3. The highest BCUT2D eigenvalue weighted by Crippen LogP contribution is 2.23. The van der Waals surface area contributed by atoms with Gasteiger partial charge in [-0.25, -0.2) is 9.59 Å². The number of hydrogen-bond donors (Lipinski definition) is 0. The molecule has 0 aliphatic carbocycles. The lowest BCUT2D eigenvalue weighted by atomic mass is 10.3. The van der Waals surface area contributed by atoms with Gasteiger partial charge in [-0.3, -0.25) is 0 Å². The van der Waals surface area contributed by atoms with Gasteiger partial charge in [0.1, 0.15) is 11.5 Å². The molecule has 6 heteroatoms. The number of carbonyl (C=O) groups is 1. The zero-order valence-corrected chi connectivity index (χ0v) is 10.9. The van der Waals surface area contributed by atoms with Crippen LogP contribution in [0.3, 0.4) is 0 Å². The summed E-state index contributed by atoms with van der Waals surface area (Å²) < 4.78 is 15.6. The molecule has 0 radical (unpaired) electrons. The Bertz CT molecular complexity index is 803. The van der Waals surface area contributed by atoms with Gasteiger partial charge in [0, 0.05) is 6.07 Å². The Labute approximate surface area is 117 Å². The van der Waals surface area contributed by atoms with Crippen LogP contribution < -0.4 is 14.4 Å². The van der Waals surface area contributed by atoms with Crippen LogP contribution in [0.25, 0.3) is 10.3 Å². The van der Waals surface area contributed by atoms with Crippen molar-refractivity contribution in [3.05, 3.63) is 58.3 Å². The standard InChI is InChI=1S/C14H8O5S/c15-13(17-9-4-2-1-3-5-9)18-10-6-7-12-11(8-10)19-14(16)20-12/h1-8H. The van der Waals surface area contributed by atoms with E-state index in [1.165, 1.54) is 6.07 Å². The summed E-state index contributed by atoms with van der Waals surface area (Å²) in [5.41, 5.74) is 0.380. The largest absolute Gasteiger partial charge is 0.519 e. The Morgan fingerprint density at radius 1 is 1.00 bits per heavy atom. The predicted molar refractivity (Wildman–Crippen MR) is 73.5 cm³/mol. The number of ether oxygens (including phenoxy) is 2. The van der Waals surface area contributed by atoms with Crippen molar-refractivity contribution in [1.82, 2.24) is 0 Å². The highest BCUT2D eigenvalue weighted by atomic mass is 32.1. The maximum atomic E-state index is 11.6. The van der Waals surface area contributed by atoms with E-state index in [0.717, 1.165) is 11.3 Å². The molecule has 3 aromatic rings. The lowest BCUT2D eigenvalue weighted by Gasteiger charge is -2.04. The first-order valence-corrected chi connectivity index (χ1v) is 6.51. The third kappa shape index (κ3) is 2.70. The topological polar surface area (TPSA) is 65.7 Å². The van der Waals surface area contributed by atoms with Gasteiger partial charge in [0.05, 0.1) is 4.70 Å². The van der Waals surface area contributed by atoms with Crippen LogP contribution in [-0.4, -0.2) is 6.16 Å². The first kappa shape index (κ1) is 12.4. The molecule has 1 heterocycles. The molecule has 2 aromatic carbocycles. The monoisotopic (exact) mass is 288 g/mol. The van der Waals surface area contributed by atoms with Gasteiger partial charge in [0.15, 0.2) is 5.58 Å². The molecule has 5 nitrogen and oxygen atoms in total. The SMILES string of the molecule is O=C(Oc1ccccc1)Oc1ccc2sc(=O)oc2c1. The molecule has 0 N–H and O–H groups in total. The minimum absolute atomic E-state index is 0.250. The Balaban J connectivity index is 1.75. The Morgan fingerprint density at radius 3 is 2.55 bits per heavy atom. The summed E-state index contributed by atoms with van der Waals surface area (Å²) in [7, 11) is 0. The van der Waals surface area contributed by atoms with Crippen molar-refractivity contribution in [2.45, 2.75) is 0 Å². The summed E-state index contributed by atoms with van der Waals surface area (Å²) in [5.74, 6) is 0.639. The Hall–Kier alpha value is -2.60. The molecule has 3 rings (SSSR count). The average molecular weight is 288 g/mol. The lowest BCUT2D eigenvalue weighted by molar-refractivity contribution is 0.152. The van der Waals surface area contributed by atoms with E-state index in [4.69, 9.17) is 13.9 Å². The van der Waals surface area contributed by atoms with Gasteiger partial charge in [-0.15, -0.1) is 0 Å². The van der Waals surface area contributed by atoms with E-state index in [9.17, 15) is 9.59 Å². The first-order valence-electron chi connectivity index (χ1n) is 5.69. The van der Waals surface area contributed by atoms with Crippen molar-refractivity contribution in [2.75, 3.05) is 0 Å². The van der Waals surface area contributed by atoms with Crippen molar-refractivity contribution < 1.29 is 18.7 Å². The fourth-order valence-electron chi connectivity index (χ4n) is 1.62. The van der Waals surface area contributed by atoms with Crippen molar-refractivity contribution in [1.29, 1.82) is 0 Å². The molecule has 0 aliphatic rings. The van der Waals surface area contributed by atoms with E-state index in [-0.39, 0.29) is 5.75 Å². The highest BCUT2D eigenvalue weighted by molar-refractivity contribution is 7.16. The Morgan fingerprint density at radius 2 is 1.75 bits per heavy atom. The summed E-state index contributed by atoms with van der Waals surface area (Å²) in [6.07, 6.45) is -0.854. The molecule has 0 unspecified atom stereocenters. The summed E-state index contributed by atoms with van der Waals surface area (Å²) >= 11 is 0.988. The van der Waals surface area contributed by atoms with Crippen molar-refractivity contribution in [3.8, 4) is 11.5 Å². The second-order valence-corrected chi connectivity index (χ2v) is 4.81. The number of para-hydroxylation sites is 1. The minimum atomic E-state index is -0.854. The summed E-state index contributed by atoms with van der Waals surface area (Å²) in [4.78, 5) is 22.3. The number of fused-ring (bicyclic) bond motifs is 1. The molecular weight excluding hydrogens is 280 g/mol. The molecule has 100 valence electrons. The van der Waals surface area contributed by atoms with Crippen LogP contribution in [0.5, 0.6) is 11.5 Å². The quantitative estimate of drug-likeness (QED) is 0.534. The molecule has 0 aliphatic heterocycles. The van der Waals surface area contributed by atoms with Gasteiger partial charge in [0.25, 0.3) is 0 Å². The molecule has 0 saturated carbocycles. The fourth-order valence-corrected chi connectivity index (χ4v) is 2.27. The minimum Gasteiger partial charge on any atom is -0.414 e. The second kappa shape index (κ2) is 5.18. The van der Waals surface area contributed by atoms with E-state index in [1.54, 1.807) is 36.4 Å². The molecule has 0 spiro atoms. The van der Waals surface area contributed by atoms with Crippen LogP contribution in [-0.2, 0) is 0 Å². The Kier molecular flexibility index (Phi) is 3.22. The van der Waals surface area contributed by atoms with Gasteiger partial charge in [-0.1, -0.05) is 29.5 Å². The lowest BCUT2D eigenvalue weighted by Crippen LogP contribution is -2.13. The van der Waals surface area contributed by atoms with Crippen LogP contribution in [0, 0.1) is 0 Å². The summed E-state index contributed by atoms with van der Waals surface area (Å²) in [6.45, 7) is 0. The maximum Gasteiger partial charge on any atom is 0.519 e. The second-order valence-electron chi connectivity index (χ2n) is 3.83. The molecule has 0 atom stereocenters. The molecular formula is C14H8O5S. The van der Waals surface area contributed by atoms with Gasteiger partial charge < -0.3 is 13.9 Å². The number of benzene rings is 2. The maximum absolute atomic E-state index is 11.6. The number of carbonyl (C=O) groups excluding carboxylic acids is 1. The van der Waals surface area contributed by atoms with Crippen LogP contribution in [0.4, 0.5) is 4.79 Å². The van der Waals surface area contributed by atoms with Crippen molar-refractivity contribution >= 4 is 27.8 Å². The van der Waals surface area contributed by atoms with Crippen LogP contribution >= 0.6 is 11.3 Å². The molecule has 0 fully saturated rings. The van der Waals surface area contributed by atoms with Crippen LogP contribution in [0.1, 0.15) is 0 Å². The summed E-state index contributed by atoms with van der Waals surface area (Å²) in [5, 5.41) is 0. The smallest absolute Gasteiger partial charge is 0.414 e. The van der Waals surface area contributed by atoms with E-state index in [2.05, 4.69) is 0 Å². The zero-order valence-electron chi connectivity index (χ0n) is 10.1. The van der Waals surface area contributed by atoms with Crippen molar-refractivity contribution in [3.63, 3.8) is 0 Å². The van der Waals surface area contributed by atoms with Gasteiger partial charge in [-0.2, -0.15) is 0 Å². The van der Waals surface area contributed by atoms with Gasteiger partial charge in [-0.05, 0) is 24.3 Å². The van der Waals surface area contributed by atoms with Gasteiger partial charge in [0.2, 0.25) is 0 Å². The molecule has 0 saturated heterocycles. The highest BCUT2D eigenvalue weighted by Gasteiger charge is 2.10. The van der Waals surface area contributed by atoms with Crippen molar-refractivity contribution in [2.24, 2.45) is 0 Å². The number of rotatable bonds is 2. The molecule has 1 aromatic heterocycles. The number of hydrogen-bond acceptors (Lipinski definition) is 6. The van der Waals surface area contributed by atoms with E-state index in [0.29, 0.717) is 16.0 Å². The third-order valence-corrected chi connectivity index (χ3v) is 3.25. The van der Waals surface area contributed by atoms with Crippen LogP contribution in [0.2, 0.25) is 0 Å². The van der Waals surface area contributed by atoms with Crippen LogP contribution in [0.15, 0.2) is 57.7 Å². The van der Waals surface area contributed by atoms with E-state index in [1.807, 2.05) is 6.07 Å². The third-order valence-electron chi connectivity index (χ3n) is 2.45. The van der Waals surface area contributed by atoms with Gasteiger partial charge >= 0.3 is 11.1 Å². The molecule has 0 bridgehead atoms. The molecule has 0 amide bonds. The zero-order chi connectivity index (χ0) is 13.9. The van der Waals surface area contributed by atoms with E-state index >= 15 is 0 Å². The predicted octanol–water partition coefficient (Wildman–Crippen LogP) is 3.43. The fraction of sp³-hybridized carbons (Fsp3) is 0. The average Bonchev–Trinajstić information content (AvgIpc) is 2.79. The van der Waals surface area contributed by atoms with E-state index < -0.39 is 11.1 Å². The molecule has 20 heavy (non-hydrogen) atoms. The first-order chi connectivity index (χ1) is 9.70.